The molecule has 2 aromatic rings. The number of halogens is 1. The molecular weight excluding hydrogens is 195 g/mol. The van der Waals surface area contributed by atoms with Crippen molar-refractivity contribution in [3.63, 3.8) is 0 Å². The first kappa shape index (κ1) is 9.64. The maximum atomic E-state index is 13.7. The molecule has 0 aliphatic heterocycles. The molecule has 5 heteroatoms. The third kappa shape index (κ3) is 1.56. The zero-order valence-electron chi connectivity index (χ0n) is 8.53. The zero-order valence-corrected chi connectivity index (χ0v) is 8.53. The second-order valence-electron chi connectivity index (χ2n) is 3.35. The predicted octanol–water partition coefficient (Wildman–Crippen LogP) is 1.51. The topological polar surface area (TPSA) is 56.7 Å². The van der Waals surface area contributed by atoms with Crippen molar-refractivity contribution in [2.75, 3.05) is 5.73 Å². The van der Waals surface area contributed by atoms with Gasteiger partial charge in [0.25, 0.3) is 0 Å². The second kappa shape index (κ2) is 3.34. The fourth-order valence-electron chi connectivity index (χ4n) is 1.33. The fraction of sp³-hybridized carbons (Fsp3) is 0.200. The first-order valence-corrected chi connectivity index (χ1v) is 4.51. The van der Waals surface area contributed by atoms with Crippen LogP contribution >= 0.6 is 0 Å². The van der Waals surface area contributed by atoms with Crippen molar-refractivity contribution in [3.8, 4) is 11.4 Å². The lowest BCUT2D eigenvalue weighted by molar-refractivity contribution is 0.620. The van der Waals surface area contributed by atoms with E-state index in [4.69, 9.17) is 5.73 Å². The molecular formula is C10H11FN4. The fourth-order valence-corrected chi connectivity index (χ4v) is 1.33. The first-order valence-electron chi connectivity index (χ1n) is 4.51. The molecule has 0 radical (unpaired) electrons. The molecule has 2 N–H and O–H groups in total. The van der Waals surface area contributed by atoms with E-state index in [1.165, 1.54) is 4.68 Å². The van der Waals surface area contributed by atoms with Crippen molar-refractivity contribution in [1.29, 1.82) is 0 Å². The maximum Gasteiger partial charge on any atom is 0.218 e. The summed E-state index contributed by atoms with van der Waals surface area (Å²) in [5.41, 5.74) is 6.48. The molecule has 0 unspecified atom stereocenters. The molecule has 0 aliphatic carbocycles. The summed E-state index contributed by atoms with van der Waals surface area (Å²) in [5.74, 6) is 0.283. The Kier molecular flexibility index (Phi) is 2.15. The number of hydrogen-bond acceptors (Lipinski definition) is 3. The molecule has 0 amide bonds. The SMILES string of the molecule is Cc1cccc(-c2nc(N)n(C)n2)c1F. The van der Waals surface area contributed by atoms with E-state index in [9.17, 15) is 4.39 Å². The Hall–Kier alpha value is -1.91. The molecule has 78 valence electrons. The molecule has 1 aromatic carbocycles. The van der Waals surface area contributed by atoms with E-state index in [0.717, 1.165) is 0 Å². The van der Waals surface area contributed by atoms with E-state index in [2.05, 4.69) is 10.1 Å². The Morgan fingerprint density at radius 1 is 1.40 bits per heavy atom. The molecule has 0 atom stereocenters. The van der Waals surface area contributed by atoms with Crippen LogP contribution in [-0.4, -0.2) is 14.8 Å². The molecule has 0 aliphatic rings. The van der Waals surface area contributed by atoms with Crippen LogP contribution in [0.1, 0.15) is 5.56 Å². The molecule has 1 heterocycles. The number of anilines is 1. The maximum absolute atomic E-state index is 13.7. The van der Waals surface area contributed by atoms with Gasteiger partial charge in [-0.3, -0.25) is 0 Å². The van der Waals surface area contributed by atoms with Crippen LogP contribution in [0, 0.1) is 12.7 Å². The number of benzene rings is 1. The smallest absolute Gasteiger partial charge is 0.218 e. The summed E-state index contributed by atoms with van der Waals surface area (Å²) >= 11 is 0. The van der Waals surface area contributed by atoms with Crippen LogP contribution in [0.15, 0.2) is 18.2 Å². The Morgan fingerprint density at radius 3 is 2.73 bits per heavy atom. The summed E-state index contributed by atoms with van der Waals surface area (Å²) in [4.78, 5) is 3.97. The Bertz CT molecular complexity index is 485. The van der Waals surface area contributed by atoms with Gasteiger partial charge in [0.05, 0.1) is 5.56 Å². The van der Waals surface area contributed by atoms with Gasteiger partial charge in [-0.1, -0.05) is 12.1 Å². The monoisotopic (exact) mass is 206 g/mol. The minimum absolute atomic E-state index is 0.269. The average molecular weight is 206 g/mol. The normalized spacial score (nSPS) is 10.6. The number of aryl methyl sites for hydroxylation is 2. The molecule has 1 aromatic heterocycles. The quantitative estimate of drug-likeness (QED) is 0.769. The van der Waals surface area contributed by atoms with Crippen LogP contribution in [0.25, 0.3) is 11.4 Å². The van der Waals surface area contributed by atoms with Gasteiger partial charge in [0.15, 0.2) is 5.82 Å². The van der Waals surface area contributed by atoms with E-state index in [0.29, 0.717) is 17.0 Å². The van der Waals surface area contributed by atoms with E-state index < -0.39 is 0 Å². The number of nitrogens with two attached hydrogens (primary N) is 1. The van der Waals surface area contributed by atoms with Crippen molar-refractivity contribution >= 4 is 5.95 Å². The molecule has 15 heavy (non-hydrogen) atoms. The Balaban J connectivity index is 2.59. The van der Waals surface area contributed by atoms with Crippen LogP contribution in [0.2, 0.25) is 0 Å². The highest BCUT2D eigenvalue weighted by atomic mass is 19.1. The van der Waals surface area contributed by atoms with E-state index in [-0.39, 0.29) is 11.8 Å². The van der Waals surface area contributed by atoms with Crippen molar-refractivity contribution in [2.45, 2.75) is 6.92 Å². The molecule has 0 fully saturated rings. The Labute approximate surface area is 86.6 Å². The lowest BCUT2D eigenvalue weighted by Gasteiger charge is -2.00. The van der Waals surface area contributed by atoms with Gasteiger partial charge in [-0.15, -0.1) is 5.10 Å². The van der Waals surface area contributed by atoms with Crippen molar-refractivity contribution in [2.24, 2.45) is 7.05 Å². The zero-order chi connectivity index (χ0) is 11.0. The van der Waals surface area contributed by atoms with Crippen LogP contribution in [-0.2, 0) is 7.05 Å². The van der Waals surface area contributed by atoms with Gasteiger partial charge >= 0.3 is 0 Å². The van der Waals surface area contributed by atoms with Crippen LogP contribution in [0.5, 0.6) is 0 Å². The highest BCUT2D eigenvalue weighted by Crippen LogP contribution is 2.22. The van der Waals surface area contributed by atoms with Crippen molar-refractivity contribution < 1.29 is 4.39 Å². The van der Waals surface area contributed by atoms with Crippen molar-refractivity contribution in [1.82, 2.24) is 14.8 Å². The van der Waals surface area contributed by atoms with Gasteiger partial charge < -0.3 is 5.73 Å². The highest BCUT2D eigenvalue weighted by molar-refractivity contribution is 5.58. The van der Waals surface area contributed by atoms with Gasteiger partial charge in [-0.2, -0.15) is 4.98 Å². The first-order chi connectivity index (χ1) is 7.09. The van der Waals surface area contributed by atoms with Gasteiger partial charge in [0.2, 0.25) is 5.95 Å². The summed E-state index contributed by atoms with van der Waals surface area (Å²) in [6.07, 6.45) is 0. The molecule has 4 nitrogen and oxygen atoms in total. The van der Waals surface area contributed by atoms with Crippen LogP contribution in [0.3, 0.4) is 0 Å². The second-order valence-corrected chi connectivity index (χ2v) is 3.35. The summed E-state index contributed by atoms with van der Waals surface area (Å²) in [7, 11) is 1.67. The largest absolute Gasteiger partial charge is 0.368 e. The number of nitrogen functional groups attached to an aromatic ring is 1. The van der Waals surface area contributed by atoms with Crippen molar-refractivity contribution in [3.05, 3.63) is 29.6 Å². The minimum atomic E-state index is -0.303. The van der Waals surface area contributed by atoms with Crippen LogP contribution < -0.4 is 5.73 Å². The molecule has 0 bridgehead atoms. The molecule has 0 saturated carbocycles. The third-order valence-corrected chi connectivity index (χ3v) is 2.23. The average Bonchev–Trinajstić information content (AvgIpc) is 2.51. The predicted molar refractivity (Wildman–Crippen MR) is 55.5 cm³/mol. The summed E-state index contributed by atoms with van der Waals surface area (Å²) in [6, 6.07) is 5.10. The van der Waals surface area contributed by atoms with E-state index in [1.54, 1.807) is 32.2 Å². The molecule has 2 rings (SSSR count). The van der Waals surface area contributed by atoms with E-state index in [1.807, 2.05) is 0 Å². The van der Waals surface area contributed by atoms with Gasteiger partial charge in [0.1, 0.15) is 5.82 Å². The van der Waals surface area contributed by atoms with E-state index >= 15 is 0 Å². The summed E-state index contributed by atoms with van der Waals surface area (Å²) < 4.78 is 15.1. The summed E-state index contributed by atoms with van der Waals surface area (Å²) in [5, 5.41) is 4.02. The number of rotatable bonds is 1. The third-order valence-electron chi connectivity index (χ3n) is 2.23. The molecule has 0 saturated heterocycles. The summed E-state index contributed by atoms with van der Waals surface area (Å²) in [6.45, 7) is 1.70. The lowest BCUT2D eigenvalue weighted by atomic mass is 10.1. The highest BCUT2D eigenvalue weighted by Gasteiger charge is 2.12. The Morgan fingerprint density at radius 2 is 2.13 bits per heavy atom. The van der Waals surface area contributed by atoms with Crippen LogP contribution in [0.4, 0.5) is 10.3 Å². The number of aromatic nitrogens is 3. The molecule has 0 spiro atoms. The number of hydrogen-bond donors (Lipinski definition) is 1. The number of nitrogens with zero attached hydrogens (tertiary/aromatic N) is 3. The lowest BCUT2D eigenvalue weighted by Crippen LogP contribution is -1.97. The standard InChI is InChI=1S/C10H11FN4/c1-6-4-3-5-7(8(6)11)9-13-10(12)15(2)14-9/h3-5H,1-2H3,(H2,12,13,14). The van der Waals surface area contributed by atoms with Gasteiger partial charge in [-0.05, 0) is 18.6 Å². The minimum Gasteiger partial charge on any atom is -0.368 e. The van der Waals surface area contributed by atoms with Gasteiger partial charge in [-0.25, -0.2) is 9.07 Å². The van der Waals surface area contributed by atoms with Gasteiger partial charge in [0, 0.05) is 7.05 Å².